The van der Waals surface area contributed by atoms with Gasteiger partial charge in [0.25, 0.3) is 0 Å². The van der Waals surface area contributed by atoms with Crippen molar-refractivity contribution in [3.63, 3.8) is 0 Å². The summed E-state index contributed by atoms with van der Waals surface area (Å²) in [6, 6.07) is 20.9. The third-order valence-corrected chi connectivity index (χ3v) is 7.07. The molecule has 1 heterocycles. The molecule has 0 bridgehead atoms. The summed E-state index contributed by atoms with van der Waals surface area (Å²) in [6.45, 7) is 0. The van der Waals surface area contributed by atoms with Gasteiger partial charge in [0.15, 0.2) is 0 Å². The van der Waals surface area contributed by atoms with Crippen LogP contribution in [0.5, 0.6) is 11.8 Å². The molecule has 0 radical (unpaired) electrons. The second-order valence-electron chi connectivity index (χ2n) is 5.84. The van der Waals surface area contributed by atoms with Crippen molar-refractivity contribution < 1.29 is 9.47 Å². The van der Waals surface area contributed by atoms with Gasteiger partial charge >= 0.3 is 0 Å². The van der Waals surface area contributed by atoms with Crippen molar-refractivity contribution in [1.29, 1.82) is 0 Å². The Morgan fingerprint density at radius 2 is 1.43 bits per heavy atom. The third kappa shape index (κ3) is 6.65. The van der Waals surface area contributed by atoms with Gasteiger partial charge < -0.3 is 9.47 Å². The van der Waals surface area contributed by atoms with Gasteiger partial charge in [-0.1, -0.05) is 64.1 Å². The lowest BCUT2D eigenvalue weighted by Crippen LogP contribution is -1.98. The first-order valence-electron chi connectivity index (χ1n) is 8.73. The van der Waals surface area contributed by atoms with E-state index in [9.17, 15) is 0 Å². The maximum absolute atomic E-state index is 5.20. The molecule has 0 saturated carbocycles. The van der Waals surface area contributed by atoms with Crippen LogP contribution in [0.1, 0.15) is 17.0 Å². The first kappa shape index (κ1) is 20.9. The Bertz CT molecular complexity index is 856. The average molecular weight is 431 g/mol. The second-order valence-corrected chi connectivity index (χ2v) is 9.20. The summed E-state index contributed by atoms with van der Waals surface area (Å²) in [6.07, 6.45) is 0. The lowest BCUT2D eigenvalue weighted by atomic mass is 10.2. The Hall–Kier alpha value is -1.83. The van der Waals surface area contributed by atoms with Crippen LogP contribution in [0.15, 0.2) is 65.6 Å². The normalized spacial score (nSPS) is 10.6. The van der Waals surface area contributed by atoms with Crippen LogP contribution in [0.4, 0.5) is 0 Å². The van der Waals surface area contributed by atoms with Crippen LogP contribution >= 0.6 is 33.3 Å². The number of benzene rings is 2. The molecule has 0 amide bonds. The quantitative estimate of drug-likeness (QED) is 0.373. The zero-order chi connectivity index (χ0) is 19.6. The van der Waals surface area contributed by atoms with E-state index in [-0.39, 0.29) is 0 Å². The van der Waals surface area contributed by atoms with E-state index < -0.39 is 0 Å². The molecule has 1 aromatic heterocycles. The van der Waals surface area contributed by atoms with Crippen molar-refractivity contribution in [1.82, 2.24) is 9.97 Å². The standard InChI is InChI=1S/C21H22N2O2S3/c1-24-20-12-21(25-2)23-19(22-20)15-27-28-18-10-6-9-17(11-18)14-26-13-16-7-4-3-5-8-16/h3-12H,13-15H2,1-2H3. The van der Waals surface area contributed by atoms with E-state index in [0.29, 0.717) is 23.3 Å². The topological polar surface area (TPSA) is 44.2 Å². The smallest absolute Gasteiger partial charge is 0.220 e. The maximum atomic E-state index is 5.20. The minimum atomic E-state index is 0.518. The van der Waals surface area contributed by atoms with Crippen molar-refractivity contribution in [3.05, 3.63) is 77.6 Å². The van der Waals surface area contributed by atoms with Crippen LogP contribution in [0.2, 0.25) is 0 Å². The van der Waals surface area contributed by atoms with E-state index in [1.54, 1.807) is 41.9 Å². The second kappa shape index (κ2) is 11.2. The van der Waals surface area contributed by atoms with E-state index in [4.69, 9.17) is 9.47 Å². The Kier molecular flexibility index (Phi) is 8.39. The van der Waals surface area contributed by atoms with Crippen molar-refractivity contribution in [2.45, 2.75) is 22.2 Å². The van der Waals surface area contributed by atoms with Crippen LogP contribution in [-0.4, -0.2) is 24.2 Å². The molecule has 0 atom stereocenters. The Morgan fingerprint density at radius 3 is 2.14 bits per heavy atom. The number of nitrogens with zero attached hydrogens (tertiary/aromatic N) is 2. The molecule has 0 spiro atoms. The fraction of sp³-hybridized carbons (Fsp3) is 0.238. The Labute approximate surface area is 178 Å². The molecule has 0 aliphatic rings. The molecule has 28 heavy (non-hydrogen) atoms. The average Bonchev–Trinajstić information content (AvgIpc) is 2.74. The van der Waals surface area contributed by atoms with E-state index >= 15 is 0 Å². The molecule has 0 aliphatic heterocycles. The molecule has 0 saturated heterocycles. The Balaban J connectivity index is 1.49. The van der Waals surface area contributed by atoms with Crippen molar-refractivity contribution in [3.8, 4) is 11.8 Å². The summed E-state index contributed by atoms with van der Waals surface area (Å²) in [4.78, 5) is 9.97. The largest absolute Gasteiger partial charge is 0.481 e. The molecule has 0 unspecified atom stereocenters. The minimum absolute atomic E-state index is 0.518. The van der Waals surface area contributed by atoms with Gasteiger partial charge in [0.05, 0.1) is 26.0 Å². The predicted molar refractivity (Wildman–Crippen MR) is 120 cm³/mol. The molecule has 0 N–H and O–H groups in total. The number of ether oxygens (including phenoxy) is 2. The molecule has 2 aromatic carbocycles. The zero-order valence-corrected chi connectivity index (χ0v) is 18.3. The summed E-state index contributed by atoms with van der Waals surface area (Å²) in [5.74, 6) is 4.44. The zero-order valence-electron chi connectivity index (χ0n) is 15.8. The third-order valence-electron chi connectivity index (χ3n) is 3.77. The minimum Gasteiger partial charge on any atom is -0.481 e. The summed E-state index contributed by atoms with van der Waals surface area (Å²) in [7, 11) is 6.62. The SMILES string of the molecule is COc1cc(OC)nc(CSSc2cccc(CSCc3ccccc3)c2)n1. The van der Waals surface area contributed by atoms with Gasteiger partial charge in [0, 0.05) is 16.4 Å². The molecule has 4 nitrogen and oxygen atoms in total. The van der Waals surface area contributed by atoms with Gasteiger partial charge in [-0.2, -0.15) is 21.7 Å². The van der Waals surface area contributed by atoms with Gasteiger partial charge in [-0.15, -0.1) is 0 Å². The van der Waals surface area contributed by atoms with Crippen molar-refractivity contribution >= 4 is 33.3 Å². The van der Waals surface area contributed by atoms with Gasteiger partial charge in [-0.25, -0.2) is 0 Å². The number of hydrogen-bond donors (Lipinski definition) is 0. The predicted octanol–water partition coefficient (Wildman–Crippen LogP) is 5.87. The summed E-state index contributed by atoms with van der Waals surface area (Å²) in [5, 5.41) is 0. The fourth-order valence-corrected chi connectivity index (χ4v) is 5.34. The molecule has 146 valence electrons. The maximum Gasteiger partial charge on any atom is 0.220 e. The van der Waals surface area contributed by atoms with Gasteiger partial charge in [-0.05, 0) is 23.3 Å². The molecular weight excluding hydrogens is 408 g/mol. The van der Waals surface area contributed by atoms with E-state index in [2.05, 4.69) is 64.6 Å². The van der Waals surface area contributed by atoms with E-state index in [0.717, 1.165) is 11.5 Å². The summed E-state index contributed by atoms with van der Waals surface area (Å²) < 4.78 is 10.4. The molecule has 0 aliphatic carbocycles. The Morgan fingerprint density at radius 1 is 0.750 bits per heavy atom. The molecule has 7 heteroatoms. The molecule has 3 rings (SSSR count). The molecule has 3 aromatic rings. The highest BCUT2D eigenvalue weighted by molar-refractivity contribution is 8.76. The number of thioether (sulfide) groups is 1. The van der Waals surface area contributed by atoms with Crippen LogP contribution in [-0.2, 0) is 17.3 Å². The number of hydrogen-bond acceptors (Lipinski definition) is 7. The highest BCUT2D eigenvalue weighted by atomic mass is 33.1. The molecular formula is C21H22N2O2S3. The van der Waals surface area contributed by atoms with Gasteiger partial charge in [0.1, 0.15) is 5.82 Å². The monoisotopic (exact) mass is 430 g/mol. The highest BCUT2D eigenvalue weighted by Gasteiger charge is 2.06. The van der Waals surface area contributed by atoms with Crippen LogP contribution in [0, 0.1) is 0 Å². The van der Waals surface area contributed by atoms with E-state index in [1.165, 1.54) is 16.0 Å². The highest BCUT2D eigenvalue weighted by Crippen LogP contribution is 2.34. The molecule has 0 fully saturated rings. The lowest BCUT2D eigenvalue weighted by Gasteiger charge is -2.07. The van der Waals surface area contributed by atoms with Crippen molar-refractivity contribution in [2.24, 2.45) is 0 Å². The van der Waals surface area contributed by atoms with Crippen LogP contribution in [0.25, 0.3) is 0 Å². The van der Waals surface area contributed by atoms with Crippen LogP contribution < -0.4 is 9.47 Å². The lowest BCUT2D eigenvalue weighted by molar-refractivity contribution is 0.369. The van der Waals surface area contributed by atoms with Gasteiger partial charge in [0.2, 0.25) is 11.8 Å². The van der Waals surface area contributed by atoms with Gasteiger partial charge in [-0.3, -0.25) is 0 Å². The first-order valence-corrected chi connectivity index (χ1v) is 12.2. The number of methoxy groups -OCH3 is 2. The summed E-state index contributed by atoms with van der Waals surface area (Å²) in [5.41, 5.74) is 2.70. The van der Waals surface area contributed by atoms with Crippen LogP contribution in [0.3, 0.4) is 0 Å². The number of aromatic nitrogens is 2. The van der Waals surface area contributed by atoms with E-state index in [1.807, 2.05) is 11.8 Å². The summed E-state index contributed by atoms with van der Waals surface area (Å²) >= 11 is 1.93. The fourth-order valence-electron chi connectivity index (χ4n) is 2.42. The first-order chi connectivity index (χ1) is 13.8. The number of rotatable bonds is 10. The van der Waals surface area contributed by atoms with Crippen molar-refractivity contribution in [2.75, 3.05) is 14.2 Å².